The molecule has 6 nitrogen and oxygen atoms in total. The largest absolute Gasteiger partial charge is 0.507 e. The van der Waals surface area contributed by atoms with Crippen molar-refractivity contribution in [2.45, 2.75) is 30.7 Å². The number of benzene rings is 1. The lowest BCUT2D eigenvalue weighted by Gasteiger charge is -2.22. The van der Waals surface area contributed by atoms with Gasteiger partial charge in [-0.2, -0.15) is 0 Å². The lowest BCUT2D eigenvalue weighted by Crippen LogP contribution is -2.40. The Hall–Kier alpha value is -1.31. The van der Waals surface area contributed by atoms with Gasteiger partial charge in [0.1, 0.15) is 10.6 Å². The zero-order valence-corrected chi connectivity index (χ0v) is 12.4. The van der Waals surface area contributed by atoms with Crippen LogP contribution in [0.15, 0.2) is 23.1 Å². The predicted molar refractivity (Wildman–Crippen MR) is 78.0 cm³/mol. The summed E-state index contributed by atoms with van der Waals surface area (Å²) in [5.74, 6) is -0.287. The number of likely N-dealkylation sites (N-methyl/N-ethyl adjacent to an activating group) is 1. The first-order valence-electron chi connectivity index (χ1n) is 6.76. The lowest BCUT2D eigenvalue weighted by atomic mass is 10.2. The molecule has 0 saturated carbocycles. The summed E-state index contributed by atoms with van der Waals surface area (Å²) < 4.78 is 27.0. The van der Waals surface area contributed by atoms with Gasteiger partial charge in [-0.15, -0.1) is 0 Å². The van der Waals surface area contributed by atoms with Gasteiger partial charge in [-0.05, 0) is 44.1 Å². The Morgan fingerprint density at radius 2 is 2.25 bits per heavy atom. The van der Waals surface area contributed by atoms with E-state index in [1.165, 1.54) is 18.2 Å². The van der Waals surface area contributed by atoms with Crippen molar-refractivity contribution in [1.82, 2.24) is 9.62 Å². The third kappa shape index (κ3) is 3.23. The molecule has 0 radical (unpaired) electrons. The molecule has 0 bridgehead atoms. The molecule has 1 atom stereocenters. The highest BCUT2D eigenvalue weighted by Gasteiger charge is 2.26. The SMILES string of the molecule is CCN1CCCC1CNS(=O)(=O)c1cc(N)ccc1O. The van der Waals surface area contributed by atoms with Crippen molar-refractivity contribution in [3.63, 3.8) is 0 Å². The Labute approximate surface area is 119 Å². The summed E-state index contributed by atoms with van der Waals surface area (Å²) >= 11 is 0. The molecule has 1 aliphatic heterocycles. The highest BCUT2D eigenvalue weighted by atomic mass is 32.2. The first-order chi connectivity index (χ1) is 9.44. The van der Waals surface area contributed by atoms with Gasteiger partial charge in [0, 0.05) is 18.3 Å². The topological polar surface area (TPSA) is 95.7 Å². The zero-order chi connectivity index (χ0) is 14.8. The quantitative estimate of drug-likeness (QED) is 0.550. The molecule has 1 heterocycles. The normalized spacial score (nSPS) is 20.4. The fourth-order valence-electron chi connectivity index (χ4n) is 2.57. The molecule has 0 aromatic heterocycles. The number of nitrogen functional groups attached to an aromatic ring is 1. The minimum atomic E-state index is -3.74. The van der Waals surface area contributed by atoms with Crippen molar-refractivity contribution in [2.75, 3.05) is 25.4 Å². The van der Waals surface area contributed by atoms with Gasteiger partial charge in [0.25, 0.3) is 0 Å². The number of anilines is 1. The third-order valence-electron chi connectivity index (χ3n) is 3.69. The monoisotopic (exact) mass is 299 g/mol. The molecule has 1 aromatic carbocycles. The minimum absolute atomic E-state index is 0.168. The van der Waals surface area contributed by atoms with E-state index in [0.717, 1.165) is 25.9 Å². The van der Waals surface area contributed by atoms with Crippen molar-refractivity contribution >= 4 is 15.7 Å². The van der Waals surface area contributed by atoms with Crippen LogP contribution >= 0.6 is 0 Å². The number of nitrogens with zero attached hydrogens (tertiary/aromatic N) is 1. The molecule has 0 spiro atoms. The summed E-state index contributed by atoms with van der Waals surface area (Å²) in [6, 6.07) is 4.24. The van der Waals surface area contributed by atoms with Gasteiger partial charge in [-0.1, -0.05) is 6.92 Å². The lowest BCUT2D eigenvalue weighted by molar-refractivity contribution is 0.268. The molecule has 0 amide bonds. The van der Waals surface area contributed by atoms with E-state index in [1.54, 1.807) is 0 Å². The Kier molecular flexibility index (Phi) is 4.52. The van der Waals surface area contributed by atoms with Crippen molar-refractivity contribution in [2.24, 2.45) is 0 Å². The molecule has 4 N–H and O–H groups in total. The average molecular weight is 299 g/mol. The summed E-state index contributed by atoms with van der Waals surface area (Å²) in [6.07, 6.45) is 2.07. The predicted octanol–water partition coefficient (Wildman–Crippen LogP) is 0.737. The number of nitrogens with two attached hydrogens (primary N) is 1. The second kappa shape index (κ2) is 5.99. The molecule has 1 aromatic rings. The van der Waals surface area contributed by atoms with Crippen LogP contribution in [0.5, 0.6) is 5.75 Å². The van der Waals surface area contributed by atoms with Gasteiger partial charge in [0.2, 0.25) is 10.0 Å². The van der Waals surface area contributed by atoms with Crippen LogP contribution in [-0.2, 0) is 10.0 Å². The van der Waals surface area contributed by atoms with E-state index in [9.17, 15) is 13.5 Å². The summed E-state index contributed by atoms with van der Waals surface area (Å²) in [7, 11) is -3.74. The molecule has 7 heteroatoms. The third-order valence-corrected chi connectivity index (χ3v) is 5.14. The van der Waals surface area contributed by atoms with E-state index < -0.39 is 10.0 Å². The van der Waals surface area contributed by atoms with E-state index in [0.29, 0.717) is 12.2 Å². The van der Waals surface area contributed by atoms with Crippen LogP contribution in [0.25, 0.3) is 0 Å². The molecule has 2 rings (SSSR count). The Balaban J connectivity index is 2.09. The summed E-state index contributed by atoms with van der Waals surface area (Å²) in [5.41, 5.74) is 5.88. The molecule has 1 saturated heterocycles. The molecule has 112 valence electrons. The van der Waals surface area contributed by atoms with Crippen LogP contribution in [0, 0.1) is 0 Å². The zero-order valence-electron chi connectivity index (χ0n) is 11.5. The van der Waals surface area contributed by atoms with E-state index in [2.05, 4.69) is 16.5 Å². The smallest absolute Gasteiger partial charge is 0.244 e. The number of hydrogen-bond acceptors (Lipinski definition) is 5. The second-order valence-electron chi connectivity index (χ2n) is 5.00. The van der Waals surface area contributed by atoms with Crippen molar-refractivity contribution in [3.8, 4) is 5.75 Å². The number of phenolic OH excluding ortho intramolecular Hbond substituents is 1. The van der Waals surface area contributed by atoms with Crippen LogP contribution in [0.4, 0.5) is 5.69 Å². The number of nitrogens with one attached hydrogen (secondary N) is 1. The Morgan fingerprint density at radius 1 is 1.50 bits per heavy atom. The van der Waals surface area contributed by atoms with Crippen LogP contribution in [0.3, 0.4) is 0 Å². The summed E-state index contributed by atoms with van der Waals surface area (Å²) in [5, 5.41) is 9.68. The first-order valence-corrected chi connectivity index (χ1v) is 8.24. The van der Waals surface area contributed by atoms with Crippen LogP contribution < -0.4 is 10.5 Å². The second-order valence-corrected chi connectivity index (χ2v) is 6.74. The number of hydrogen-bond donors (Lipinski definition) is 3. The van der Waals surface area contributed by atoms with Crippen LogP contribution in [0.2, 0.25) is 0 Å². The first kappa shape index (κ1) is 15.1. The van der Waals surface area contributed by atoms with E-state index in [1.807, 2.05) is 0 Å². The van der Waals surface area contributed by atoms with Crippen molar-refractivity contribution in [1.29, 1.82) is 0 Å². The number of aromatic hydroxyl groups is 1. The average Bonchev–Trinajstić information content (AvgIpc) is 2.86. The van der Waals surface area contributed by atoms with Gasteiger partial charge in [0.15, 0.2) is 0 Å². The maximum absolute atomic E-state index is 12.2. The number of phenols is 1. The number of sulfonamides is 1. The van der Waals surface area contributed by atoms with Crippen molar-refractivity contribution in [3.05, 3.63) is 18.2 Å². The van der Waals surface area contributed by atoms with Gasteiger partial charge in [0.05, 0.1) is 0 Å². The highest BCUT2D eigenvalue weighted by molar-refractivity contribution is 7.89. The van der Waals surface area contributed by atoms with E-state index in [4.69, 9.17) is 5.73 Å². The van der Waals surface area contributed by atoms with Gasteiger partial charge >= 0.3 is 0 Å². The van der Waals surface area contributed by atoms with Gasteiger partial charge < -0.3 is 10.8 Å². The van der Waals surface area contributed by atoms with Gasteiger partial charge in [-0.25, -0.2) is 13.1 Å². The number of likely N-dealkylation sites (tertiary alicyclic amines) is 1. The Bertz CT molecular complexity index is 574. The molecule has 1 aliphatic rings. The molecule has 20 heavy (non-hydrogen) atoms. The maximum atomic E-state index is 12.2. The maximum Gasteiger partial charge on any atom is 0.244 e. The highest BCUT2D eigenvalue weighted by Crippen LogP contribution is 2.25. The van der Waals surface area contributed by atoms with E-state index in [-0.39, 0.29) is 16.7 Å². The minimum Gasteiger partial charge on any atom is -0.507 e. The molecule has 1 fully saturated rings. The van der Waals surface area contributed by atoms with Gasteiger partial charge in [-0.3, -0.25) is 4.90 Å². The molecular weight excluding hydrogens is 278 g/mol. The van der Waals surface area contributed by atoms with Crippen LogP contribution in [-0.4, -0.2) is 44.1 Å². The van der Waals surface area contributed by atoms with Crippen LogP contribution in [0.1, 0.15) is 19.8 Å². The summed E-state index contributed by atoms with van der Waals surface area (Å²) in [6.45, 7) is 4.34. The molecule has 1 unspecified atom stereocenters. The number of rotatable bonds is 5. The fraction of sp³-hybridized carbons (Fsp3) is 0.538. The van der Waals surface area contributed by atoms with E-state index >= 15 is 0 Å². The standard InChI is InChI=1S/C13H21N3O3S/c1-2-16-7-3-4-11(16)9-15-20(18,19)13-8-10(14)5-6-12(13)17/h5-6,8,11,15,17H,2-4,7,9,14H2,1H3. The molecule has 0 aliphatic carbocycles. The summed E-state index contributed by atoms with van der Waals surface area (Å²) in [4.78, 5) is 2.08. The van der Waals surface area contributed by atoms with Crippen molar-refractivity contribution < 1.29 is 13.5 Å². The Morgan fingerprint density at radius 3 is 2.95 bits per heavy atom. The fourth-order valence-corrected chi connectivity index (χ4v) is 3.77. The molecular formula is C13H21N3O3S.